The maximum Gasteiger partial charge on any atom is 0.262 e. The lowest BCUT2D eigenvalue weighted by molar-refractivity contribution is -0.118. The first-order valence-corrected chi connectivity index (χ1v) is 10.6. The summed E-state index contributed by atoms with van der Waals surface area (Å²) in [6, 6.07) is 15.4. The van der Waals surface area contributed by atoms with Gasteiger partial charge >= 0.3 is 0 Å². The third-order valence-corrected chi connectivity index (χ3v) is 5.37. The van der Waals surface area contributed by atoms with Crippen LogP contribution in [0.3, 0.4) is 0 Å². The molecule has 0 aliphatic rings. The van der Waals surface area contributed by atoms with Gasteiger partial charge in [0.2, 0.25) is 0 Å². The number of nitrogens with one attached hydrogen (secondary N) is 1. The molecule has 164 valence electrons. The fourth-order valence-corrected chi connectivity index (χ4v) is 3.82. The molecule has 0 atom stereocenters. The molecule has 32 heavy (non-hydrogen) atoms. The Morgan fingerprint density at radius 2 is 1.84 bits per heavy atom. The molecule has 0 unspecified atom stereocenters. The van der Waals surface area contributed by atoms with Crippen molar-refractivity contribution in [2.45, 2.75) is 13.5 Å². The van der Waals surface area contributed by atoms with E-state index in [1.54, 1.807) is 61.8 Å². The third kappa shape index (κ3) is 5.25. The molecule has 0 bridgehead atoms. The summed E-state index contributed by atoms with van der Waals surface area (Å²) in [7, 11) is 1.58. The molecule has 8 nitrogen and oxygen atoms in total. The Hall–Kier alpha value is -3.85. The summed E-state index contributed by atoms with van der Waals surface area (Å²) in [5.41, 5.74) is 0.971. The Morgan fingerprint density at radius 1 is 1.06 bits per heavy atom. The molecule has 0 saturated carbocycles. The number of thiazole rings is 1. The molecule has 1 N–H and O–H groups in total. The van der Waals surface area contributed by atoms with Crippen LogP contribution in [0, 0.1) is 6.92 Å². The number of carbonyl (C=O) groups is 1. The van der Waals surface area contributed by atoms with Gasteiger partial charge in [-0.05, 0) is 43.3 Å². The van der Waals surface area contributed by atoms with Crippen molar-refractivity contribution >= 4 is 27.9 Å². The summed E-state index contributed by atoms with van der Waals surface area (Å²) < 4.78 is 17.9. The predicted molar refractivity (Wildman–Crippen MR) is 122 cm³/mol. The van der Waals surface area contributed by atoms with Gasteiger partial charge in [0.15, 0.2) is 11.6 Å². The number of rotatable bonds is 8. The minimum Gasteiger partial charge on any atom is -0.497 e. The summed E-state index contributed by atoms with van der Waals surface area (Å²) in [6.45, 7) is 1.93. The molecule has 0 spiro atoms. The van der Waals surface area contributed by atoms with Crippen molar-refractivity contribution in [3.63, 3.8) is 0 Å². The van der Waals surface area contributed by atoms with Crippen LogP contribution in [-0.4, -0.2) is 29.0 Å². The van der Waals surface area contributed by atoms with E-state index in [2.05, 4.69) is 10.3 Å². The number of nitrogens with zero attached hydrogens (tertiary/aromatic N) is 2. The van der Waals surface area contributed by atoms with Crippen LogP contribution in [0.15, 0.2) is 65.6 Å². The number of hydrogen-bond donors (Lipinski definition) is 1. The highest BCUT2D eigenvalue weighted by atomic mass is 32.1. The van der Waals surface area contributed by atoms with E-state index in [-0.39, 0.29) is 24.7 Å². The molecule has 0 aliphatic heterocycles. The number of ether oxygens (including phenoxy) is 3. The average molecular weight is 452 g/mol. The number of fused-ring (bicyclic) bond motifs is 1. The maximum atomic E-state index is 12.2. The van der Waals surface area contributed by atoms with E-state index in [1.165, 1.54) is 21.8 Å². The zero-order chi connectivity index (χ0) is 22.5. The van der Waals surface area contributed by atoms with Crippen LogP contribution in [0.5, 0.6) is 17.2 Å². The van der Waals surface area contributed by atoms with Crippen LogP contribution in [0.2, 0.25) is 0 Å². The van der Waals surface area contributed by atoms with E-state index in [0.29, 0.717) is 33.6 Å². The van der Waals surface area contributed by atoms with Crippen LogP contribution in [-0.2, 0) is 11.4 Å². The minimum atomic E-state index is -0.300. The molecule has 4 rings (SSSR count). The first-order chi connectivity index (χ1) is 15.5. The Labute approximate surface area is 188 Å². The predicted octanol–water partition coefficient (Wildman–Crippen LogP) is 3.67. The fraction of sp³-hybridized carbons (Fsp3) is 0.174. The number of aromatic nitrogens is 2. The molecule has 0 radical (unpaired) electrons. The quantitative estimate of drug-likeness (QED) is 0.440. The number of anilines is 1. The van der Waals surface area contributed by atoms with E-state index in [1.807, 2.05) is 6.92 Å². The van der Waals surface area contributed by atoms with Gasteiger partial charge in [0.05, 0.1) is 12.8 Å². The highest BCUT2D eigenvalue weighted by Crippen LogP contribution is 2.20. The van der Waals surface area contributed by atoms with Crippen molar-refractivity contribution in [3.05, 3.63) is 81.7 Å². The van der Waals surface area contributed by atoms with Crippen LogP contribution in [0.25, 0.3) is 4.96 Å². The Kier molecular flexibility index (Phi) is 6.37. The van der Waals surface area contributed by atoms with E-state index in [9.17, 15) is 9.59 Å². The summed E-state index contributed by atoms with van der Waals surface area (Å²) >= 11 is 1.45. The molecule has 2 heterocycles. The Balaban J connectivity index is 1.33. The zero-order valence-electron chi connectivity index (χ0n) is 17.5. The smallest absolute Gasteiger partial charge is 0.262 e. The van der Waals surface area contributed by atoms with E-state index >= 15 is 0 Å². The summed E-state index contributed by atoms with van der Waals surface area (Å²) in [6.07, 6.45) is 1.77. The zero-order valence-corrected chi connectivity index (χ0v) is 18.3. The molecule has 4 aromatic rings. The fourth-order valence-electron chi connectivity index (χ4n) is 2.97. The second kappa shape index (κ2) is 9.52. The van der Waals surface area contributed by atoms with Crippen molar-refractivity contribution in [1.29, 1.82) is 0 Å². The van der Waals surface area contributed by atoms with Crippen LogP contribution < -0.4 is 25.1 Å². The van der Waals surface area contributed by atoms with Gasteiger partial charge in [0.1, 0.15) is 23.9 Å². The monoisotopic (exact) mass is 451 g/mol. The van der Waals surface area contributed by atoms with Crippen molar-refractivity contribution < 1.29 is 19.0 Å². The number of aryl methyl sites for hydroxylation is 1. The molecule has 1 amide bonds. The Morgan fingerprint density at radius 3 is 2.62 bits per heavy atom. The number of benzene rings is 2. The number of hydrogen-bond acceptors (Lipinski definition) is 7. The lowest BCUT2D eigenvalue weighted by atomic mass is 10.3. The minimum absolute atomic E-state index is 0.133. The molecule has 2 aromatic carbocycles. The second-order valence-corrected chi connectivity index (χ2v) is 8.12. The van der Waals surface area contributed by atoms with Gasteiger partial charge in [-0.2, -0.15) is 0 Å². The summed E-state index contributed by atoms with van der Waals surface area (Å²) in [5, 5.41) is 2.77. The van der Waals surface area contributed by atoms with Gasteiger partial charge in [0.25, 0.3) is 11.5 Å². The summed E-state index contributed by atoms with van der Waals surface area (Å²) in [4.78, 5) is 30.5. The molecule has 0 fully saturated rings. The SMILES string of the molecule is COc1ccc(OCC(=O)Nc2cccc(OCc3cc(=O)n4cc(C)sc4n3)c2)cc1. The molecular formula is C23H21N3O5S. The van der Waals surface area contributed by atoms with Gasteiger partial charge in [-0.25, -0.2) is 4.98 Å². The third-order valence-electron chi connectivity index (χ3n) is 4.47. The molecule has 2 aromatic heterocycles. The lowest BCUT2D eigenvalue weighted by Crippen LogP contribution is -2.20. The second-order valence-electron chi connectivity index (χ2n) is 6.91. The first kappa shape index (κ1) is 21.4. The number of methoxy groups -OCH3 is 1. The molecule has 0 saturated heterocycles. The van der Waals surface area contributed by atoms with Crippen molar-refractivity contribution in [2.75, 3.05) is 19.0 Å². The maximum absolute atomic E-state index is 12.2. The van der Waals surface area contributed by atoms with E-state index in [0.717, 1.165) is 4.88 Å². The van der Waals surface area contributed by atoms with Crippen LogP contribution in [0.1, 0.15) is 10.6 Å². The van der Waals surface area contributed by atoms with E-state index < -0.39 is 0 Å². The molecular weight excluding hydrogens is 430 g/mol. The largest absolute Gasteiger partial charge is 0.497 e. The Bertz CT molecular complexity index is 1300. The van der Waals surface area contributed by atoms with Crippen LogP contribution >= 0.6 is 11.3 Å². The van der Waals surface area contributed by atoms with Crippen molar-refractivity contribution in [3.8, 4) is 17.2 Å². The first-order valence-electron chi connectivity index (χ1n) is 9.78. The van der Waals surface area contributed by atoms with Crippen molar-refractivity contribution in [1.82, 2.24) is 9.38 Å². The van der Waals surface area contributed by atoms with Crippen molar-refractivity contribution in [2.24, 2.45) is 0 Å². The standard InChI is InChI=1S/C23H21N3O5S/c1-15-12-26-22(28)11-17(25-23(26)32-15)13-30-20-5-3-4-16(10-20)24-21(27)14-31-19-8-6-18(29-2)7-9-19/h3-12H,13-14H2,1-2H3,(H,24,27). The average Bonchev–Trinajstić information content (AvgIpc) is 3.18. The van der Waals surface area contributed by atoms with Crippen LogP contribution in [0.4, 0.5) is 5.69 Å². The molecule has 9 heteroatoms. The van der Waals surface area contributed by atoms with Gasteiger partial charge in [-0.1, -0.05) is 6.07 Å². The lowest BCUT2D eigenvalue weighted by Gasteiger charge is -2.10. The number of carbonyl (C=O) groups excluding carboxylic acids is 1. The van der Waals surface area contributed by atoms with E-state index in [4.69, 9.17) is 14.2 Å². The van der Waals surface area contributed by atoms with Gasteiger partial charge in [-0.15, -0.1) is 11.3 Å². The normalized spacial score (nSPS) is 10.7. The van der Waals surface area contributed by atoms with Gasteiger partial charge in [-0.3, -0.25) is 14.0 Å². The highest BCUT2D eigenvalue weighted by Gasteiger charge is 2.08. The highest BCUT2D eigenvalue weighted by molar-refractivity contribution is 7.16. The summed E-state index contributed by atoms with van der Waals surface area (Å²) in [5.74, 6) is 1.53. The molecule has 0 aliphatic carbocycles. The number of amides is 1. The van der Waals surface area contributed by atoms with Gasteiger partial charge in [0, 0.05) is 28.9 Å². The van der Waals surface area contributed by atoms with Gasteiger partial charge < -0.3 is 19.5 Å². The topological polar surface area (TPSA) is 91.2 Å².